The summed E-state index contributed by atoms with van der Waals surface area (Å²) in [6.07, 6.45) is 1.66. The maximum absolute atomic E-state index is 12.4. The van der Waals surface area contributed by atoms with Gasteiger partial charge in [-0.25, -0.2) is 4.68 Å². The number of carbonyl (C=O) groups excluding carboxylic acids is 1. The number of benzene rings is 2. The molecule has 0 spiro atoms. The van der Waals surface area contributed by atoms with Gasteiger partial charge in [-0.15, -0.1) is 5.10 Å². The first kappa shape index (κ1) is 17.9. The number of amides is 1. The maximum Gasteiger partial charge on any atom is 0.275 e. The minimum atomic E-state index is -0.195. The van der Waals surface area contributed by atoms with Gasteiger partial charge in [-0.2, -0.15) is 0 Å². The lowest BCUT2D eigenvalue weighted by atomic mass is 10.2. The maximum atomic E-state index is 12.4. The van der Waals surface area contributed by atoms with Gasteiger partial charge in [0.2, 0.25) is 0 Å². The number of likely N-dealkylation sites (N-methyl/N-ethyl adjacent to an activating group) is 1. The highest BCUT2D eigenvalue weighted by atomic mass is 35.5. The lowest BCUT2D eigenvalue weighted by Crippen LogP contribution is -2.31. The van der Waals surface area contributed by atoms with Gasteiger partial charge in [-0.3, -0.25) is 4.79 Å². The largest absolute Gasteiger partial charge is 0.492 e. The second-order valence-electron chi connectivity index (χ2n) is 5.82. The van der Waals surface area contributed by atoms with Crippen molar-refractivity contribution in [1.29, 1.82) is 0 Å². The Bertz CT molecular complexity index is 867. The number of rotatable bonds is 7. The second kappa shape index (κ2) is 8.49. The van der Waals surface area contributed by atoms with Crippen LogP contribution in [-0.4, -0.2) is 46.0 Å². The van der Waals surface area contributed by atoms with Gasteiger partial charge in [0.15, 0.2) is 5.69 Å². The molecule has 0 radical (unpaired) electrons. The van der Waals surface area contributed by atoms with Gasteiger partial charge in [0.1, 0.15) is 12.4 Å². The van der Waals surface area contributed by atoms with E-state index in [1.165, 1.54) is 0 Å². The van der Waals surface area contributed by atoms with Crippen molar-refractivity contribution >= 4 is 17.5 Å². The zero-order valence-corrected chi connectivity index (χ0v) is 15.1. The summed E-state index contributed by atoms with van der Waals surface area (Å²) < 4.78 is 7.26. The fourth-order valence-electron chi connectivity index (χ4n) is 2.40. The minimum Gasteiger partial charge on any atom is -0.492 e. The third-order valence-corrected chi connectivity index (χ3v) is 4.02. The average Bonchev–Trinajstić information content (AvgIpc) is 3.10. The number of hydrogen-bond acceptors (Lipinski definition) is 4. The predicted molar refractivity (Wildman–Crippen MR) is 99.5 cm³/mol. The molecule has 0 atom stereocenters. The molecule has 0 N–H and O–H groups in total. The number of halogens is 1. The van der Waals surface area contributed by atoms with E-state index in [0.29, 0.717) is 36.2 Å². The number of nitrogens with zero attached hydrogens (tertiary/aromatic N) is 4. The Kier molecular flexibility index (Phi) is 5.86. The van der Waals surface area contributed by atoms with Crippen LogP contribution in [0.5, 0.6) is 5.75 Å². The van der Waals surface area contributed by atoms with Gasteiger partial charge in [-0.05, 0) is 23.8 Å². The minimum absolute atomic E-state index is 0.195. The topological polar surface area (TPSA) is 60.2 Å². The molecule has 3 aromatic rings. The number of aromatic nitrogens is 3. The van der Waals surface area contributed by atoms with Crippen LogP contribution in [0.15, 0.2) is 60.8 Å². The zero-order valence-electron chi connectivity index (χ0n) is 14.4. The normalized spacial score (nSPS) is 10.5. The van der Waals surface area contributed by atoms with Crippen LogP contribution in [0.2, 0.25) is 5.02 Å². The second-order valence-corrected chi connectivity index (χ2v) is 6.26. The van der Waals surface area contributed by atoms with Crippen molar-refractivity contribution < 1.29 is 9.53 Å². The Hall–Kier alpha value is -2.86. The summed E-state index contributed by atoms with van der Waals surface area (Å²) >= 11 is 5.92. The standard InChI is InChI=1S/C19H19ClN4O2/c1-23(10-11-26-17-9-5-8-16(20)12-17)19(25)18-14-24(22-21-18)13-15-6-3-2-4-7-15/h2-9,12,14H,10-11,13H2,1H3. The molecule has 0 saturated heterocycles. The highest BCUT2D eigenvalue weighted by Crippen LogP contribution is 2.17. The van der Waals surface area contributed by atoms with Gasteiger partial charge in [0.05, 0.1) is 19.3 Å². The number of carbonyl (C=O) groups is 1. The van der Waals surface area contributed by atoms with Gasteiger partial charge in [-0.1, -0.05) is 53.2 Å². The number of ether oxygens (including phenoxy) is 1. The van der Waals surface area contributed by atoms with E-state index in [0.717, 1.165) is 5.56 Å². The van der Waals surface area contributed by atoms with E-state index in [2.05, 4.69) is 10.3 Å². The van der Waals surface area contributed by atoms with Crippen molar-refractivity contribution in [1.82, 2.24) is 19.9 Å². The smallest absolute Gasteiger partial charge is 0.275 e. The monoisotopic (exact) mass is 370 g/mol. The molecule has 0 fully saturated rings. The average molecular weight is 371 g/mol. The molecule has 134 valence electrons. The highest BCUT2D eigenvalue weighted by molar-refractivity contribution is 6.30. The van der Waals surface area contributed by atoms with Crippen molar-refractivity contribution in [3.8, 4) is 5.75 Å². The molecule has 2 aromatic carbocycles. The van der Waals surface area contributed by atoms with Crippen molar-refractivity contribution in [3.63, 3.8) is 0 Å². The molecule has 1 aromatic heterocycles. The van der Waals surface area contributed by atoms with Crippen LogP contribution in [0.1, 0.15) is 16.1 Å². The highest BCUT2D eigenvalue weighted by Gasteiger charge is 2.15. The van der Waals surface area contributed by atoms with Crippen molar-refractivity contribution in [2.24, 2.45) is 0 Å². The Morgan fingerprint density at radius 1 is 1.19 bits per heavy atom. The molecule has 26 heavy (non-hydrogen) atoms. The quantitative estimate of drug-likeness (QED) is 0.641. The van der Waals surface area contributed by atoms with E-state index >= 15 is 0 Å². The molecule has 0 aliphatic carbocycles. The van der Waals surface area contributed by atoms with Crippen LogP contribution in [0.25, 0.3) is 0 Å². The Morgan fingerprint density at radius 3 is 2.77 bits per heavy atom. The lowest BCUT2D eigenvalue weighted by Gasteiger charge is -2.16. The molecule has 0 unspecified atom stereocenters. The lowest BCUT2D eigenvalue weighted by molar-refractivity contribution is 0.0768. The van der Waals surface area contributed by atoms with E-state index in [4.69, 9.17) is 16.3 Å². The van der Waals surface area contributed by atoms with Crippen LogP contribution in [0.4, 0.5) is 0 Å². The Labute approximate surface area is 157 Å². The Morgan fingerprint density at radius 2 is 2.00 bits per heavy atom. The molecule has 0 saturated carbocycles. The first-order valence-corrected chi connectivity index (χ1v) is 8.57. The van der Waals surface area contributed by atoms with Crippen molar-refractivity contribution in [3.05, 3.63) is 77.1 Å². The Balaban J connectivity index is 1.52. The number of hydrogen-bond donors (Lipinski definition) is 0. The van der Waals surface area contributed by atoms with Crippen LogP contribution < -0.4 is 4.74 Å². The van der Waals surface area contributed by atoms with Gasteiger partial charge < -0.3 is 9.64 Å². The molecule has 7 heteroatoms. The zero-order chi connectivity index (χ0) is 18.4. The summed E-state index contributed by atoms with van der Waals surface area (Å²) in [7, 11) is 1.71. The fourth-order valence-corrected chi connectivity index (χ4v) is 2.58. The van der Waals surface area contributed by atoms with E-state index in [-0.39, 0.29) is 5.91 Å². The third-order valence-electron chi connectivity index (χ3n) is 3.78. The van der Waals surface area contributed by atoms with Gasteiger partial charge >= 0.3 is 0 Å². The molecule has 6 nitrogen and oxygen atoms in total. The third kappa shape index (κ3) is 4.83. The molecular formula is C19H19ClN4O2. The van der Waals surface area contributed by atoms with E-state index in [9.17, 15) is 4.79 Å². The molecule has 1 amide bonds. The molecule has 3 rings (SSSR count). The van der Waals surface area contributed by atoms with E-state index < -0.39 is 0 Å². The summed E-state index contributed by atoms with van der Waals surface area (Å²) in [4.78, 5) is 14.0. The summed E-state index contributed by atoms with van der Waals surface area (Å²) in [6, 6.07) is 17.0. The first-order valence-electron chi connectivity index (χ1n) is 8.20. The molecule has 0 aliphatic rings. The van der Waals surface area contributed by atoms with E-state index in [1.807, 2.05) is 42.5 Å². The summed E-state index contributed by atoms with van der Waals surface area (Å²) in [5, 5.41) is 8.61. The fraction of sp³-hybridized carbons (Fsp3) is 0.211. The van der Waals surface area contributed by atoms with Crippen LogP contribution in [0.3, 0.4) is 0 Å². The first-order chi connectivity index (χ1) is 12.6. The van der Waals surface area contributed by atoms with Crippen molar-refractivity contribution in [2.75, 3.05) is 20.2 Å². The van der Waals surface area contributed by atoms with Gasteiger partial charge in [0, 0.05) is 12.1 Å². The predicted octanol–water partition coefficient (Wildman–Crippen LogP) is 3.13. The van der Waals surface area contributed by atoms with Crippen molar-refractivity contribution in [2.45, 2.75) is 6.54 Å². The summed E-state index contributed by atoms with van der Waals surface area (Å²) in [6.45, 7) is 1.36. The molecule has 0 bridgehead atoms. The van der Waals surface area contributed by atoms with Crippen LogP contribution in [-0.2, 0) is 6.54 Å². The van der Waals surface area contributed by atoms with E-state index in [1.54, 1.807) is 35.0 Å². The van der Waals surface area contributed by atoms with Crippen LogP contribution >= 0.6 is 11.6 Å². The SMILES string of the molecule is CN(CCOc1cccc(Cl)c1)C(=O)c1cn(Cc2ccccc2)nn1. The summed E-state index contributed by atoms with van der Waals surface area (Å²) in [5.41, 5.74) is 1.41. The summed E-state index contributed by atoms with van der Waals surface area (Å²) in [5.74, 6) is 0.478. The molecule has 0 aliphatic heterocycles. The van der Waals surface area contributed by atoms with Crippen LogP contribution in [0, 0.1) is 0 Å². The molecular weight excluding hydrogens is 352 g/mol. The van der Waals surface area contributed by atoms with Gasteiger partial charge in [0.25, 0.3) is 5.91 Å². The molecule has 1 heterocycles.